The van der Waals surface area contributed by atoms with E-state index in [4.69, 9.17) is 0 Å². The molecule has 20 heavy (non-hydrogen) atoms. The van der Waals surface area contributed by atoms with E-state index in [0.29, 0.717) is 6.07 Å². The zero-order valence-electron chi connectivity index (χ0n) is 11.0. The van der Waals surface area contributed by atoms with E-state index in [9.17, 15) is 22.8 Å². The van der Waals surface area contributed by atoms with Crippen LogP contribution in [-0.4, -0.2) is 31.4 Å². The van der Waals surface area contributed by atoms with Crippen LogP contribution < -0.4 is 16.0 Å². The van der Waals surface area contributed by atoms with Gasteiger partial charge in [0.25, 0.3) is 11.8 Å². The summed E-state index contributed by atoms with van der Waals surface area (Å²) < 4.78 is 39.1. The lowest BCUT2D eigenvalue weighted by Crippen LogP contribution is -2.93. The Morgan fingerprint density at radius 2 is 1.90 bits per heavy atom. The predicted molar refractivity (Wildman–Crippen MR) is 65.3 cm³/mol. The molecule has 8 heteroatoms. The maximum absolute atomic E-state index is 13.4. The molecule has 0 saturated heterocycles. The number of benzene rings is 1. The fraction of sp³-hybridized carbons (Fsp3) is 0.333. The average molecular weight is 290 g/mol. The molecule has 0 spiro atoms. The molecule has 0 fully saturated rings. The summed E-state index contributed by atoms with van der Waals surface area (Å²) >= 11 is 0. The van der Waals surface area contributed by atoms with Gasteiger partial charge in [0.15, 0.2) is 30.0 Å². The lowest BCUT2D eigenvalue weighted by atomic mass is 10.2. The molecular formula is C12H15F3N3O2+. The van der Waals surface area contributed by atoms with Crippen LogP contribution in [0.4, 0.5) is 18.9 Å². The lowest BCUT2D eigenvalue weighted by Gasteiger charge is -2.11. The van der Waals surface area contributed by atoms with Gasteiger partial charge in [-0.1, -0.05) is 0 Å². The molecule has 0 unspecified atom stereocenters. The van der Waals surface area contributed by atoms with Crippen molar-refractivity contribution in [2.75, 3.05) is 18.9 Å². The Balaban J connectivity index is 2.66. The van der Waals surface area contributed by atoms with Crippen LogP contribution in [0.15, 0.2) is 12.1 Å². The van der Waals surface area contributed by atoms with Crippen molar-refractivity contribution >= 4 is 17.5 Å². The molecule has 2 amide bonds. The number of quaternary nitrogens is 1. The number of amides is 2. The van der Waals surface area contributed by atoms with Gasteiger partial charge in [0.1, 0.15) is 0 Å². The van der Waals surface area contributed by atoms with Crippen molar-refractivity contribution in [2.45, 2.75) is 13.0 Å². The van der Waals surface area contributed by atoms with Gasteiger partial charge >= 0.3 is 0 Å². The number of carbonyl (C=O) groups is 2. The summed E-state index contributed by atoms with van der Waals surface area (Å²) in [6.45, 7) is 1.52. The predicted octanol–water partition coefficient (Wildman–Crippen LogP) is -0.260. The van der Waals surface area contributed by atoms with Crippen molar-refractivity contribution in [3.63, 3.8) is 0 Å². The molecule has 0 radical (unpaired) electrons. The molecule has 1 aromatic carbocycles. The van der Waals surface area contributed by atoms with Crippen LogP contribution in [0, 0.1) is 17.5 Å². The quantitative estimate of drug-likeness (QED) is 0.654. The van der Waals surface area contributed by atoms with Gasteiger partial charge in [-0.25, -0.2) is 13.2 Å². The molecule has 0 aliphatic carbocycles. The Morgan fingerprint density at radius 1 is 1.25 bits per heavy atom. The molecular weight excluding hydrogens is 275 g/mol. The number of nitrogens with two attached hydrogens (primary N) is 1. The number of hydrogen-bond acceptors (Lipinski definition) is 2. The van der Waals surface area contributed by atoms with Crippen LogP contribution in [-0.2, 0) is 9.59 Å². The summed E-state index contributed by atoms with van der Waals surface area (Å²) in [5.41, 5.74) is -0.450. The van der Waals surface area contributed by atoms with Gasteiger partial charge in [0, 0.05) is 7.05 Å². The fourth-order valence-electron chi connectivity index (χ4n) is 1.36. The molecule has 0 aliphatic heterocycles. The van der Waals surface area contributed by atoms with Crippen LogP contribution in [0.1, 0.15) is 6.92 Å². The number of nitrogens with one attached hydrogen (secondary N) is 2. The van der Waals surface area contributed by atoms with E-state index < -0.39 is 35.1 Å². The van der Waals surface area contributed by atoms with Gasteiger partial charge in [0.05, 0.1) is 5.69 Å². The molecule has 0 aromatic heterocycles. The van der Waals surface area contributed by atoms with Crippen LogP contribution in [0.3, 0.4) is 0 Å². The Bertz CT molecular complexity index is 523. The monoisotopic (exact) mass is 290 g/mol. The first-order valence-electron chi connectivity index (χ1n) is 5.85. The van der Waals surface area contributed by atoms with E-state index in [1.807, 2.05) is 0 Å². The summed E-state index contributed by atoms with van der Waals surface area (Å²) in [5, 5.41) is 5.94. The van der Waals surface area contributed by atoms with Gasteiger partial charge in [-0.15, -0.1) is 0 Å². The van der Waals surface area contributed by atoms with Gasteiger partial charge in [-0.3, -0.25) is 9.59 Å². The van der Waals surface area contributed by atoms with Crippen molar-refractivity contribution in [1.29, 1.82) is 0 Å². The largest absolute Gasteiger partial charge is 0.354 e. The fourth-order valence-corrected chi connectivity index (χ4v) is 1.36. The number of likely N-dealkylation sites (N-methyl/N-ethyl adjacent to an activating group) is 1. The van der Waals surface area contributed by atoms with Crippen molar-refractivity contribution in [1.82, 2.24) is 5.32 Å². The van der Waals surface area contributed by atoms with E-state index in [1.54, 1.807) is 0 Å². The molecule has 0 bridgehead atoms. The SMILES string of the molecule is CNC(=O)C[NH2+][C@H](C)C(=O)Nc1ccc(F)c(F)c1F. The third-order valence-electron chi connectivity index (χ3n) is 2.64. The minimum absolute atomic E-state index is 0.0192. The zero-order valence-corrected chi connectivity index (χ0v) is 11.0. The summed E-state index contributed by atoms with van der Waals surface area (Å²) in [6.07, 6.45) is 0. The average Bonchev–Trinajstić information content (AvgIpc) is 2.44. The molecule has 4 N–H and O–H groups in total. The van der Waals surface area contributed by atoms with Crippen molar-refractivity contribution < 1.29 is 28.1 Å². The number of carbonyl (C=O) groups excluding carboxylic acids is 2. The molecule has 0 aliphatic rings. The lowest BCUT2D eigenvalue weighted by molar-refractivity contribution is -0.662. The van der Waals surface area contributed by atoms with E-state index in [1.165, 1.54) is 19.3 Å². The number of halogens is 3. The van der Waals surface area contributed by atoms with Crippen molar-refractivity contribution in [3.8, 4) is 0 Å². The standard InChI is InChI=1S/C12H14F3N3O2/c1-6(17-5-9(19)16-2)12(20)18-8-4-3-7(13)10(14)11(8)15/h3-4,6,17H,5H2,1-2H3,(H,16,19)(H,18,20)/p+1/t6-/m1/s1. The van der Waals surface area contributed by atoms with Crippen LogP contribution in [0.25, 0.3) is 0 Å². The second kappa shape index (κ2) is 6.90. The normalized spacial score (nSPS) is 11.8. The van der Waals surface area contributed by atoms with E-state index in [2.05, 4.69) is 10.6 Å². The summed E-state index contributed by atoms with van der Waals surface area (Å²) in [7, 11) is 1.46. The van der Waals surface area contributed by atoms with Gasteiger partial charge in [-0.2, -0.15) is 0 Å². The van der Waals surface area contributed by atoms with Crippen LogP contribution >= 0.6 is 0 Å². The Hall–Kier alpha value is -2.09. The third kappa shape index (κ3) is 3.95. The van der Waals surface area contributed by atoms with Crippen LogP contribution in [0.2, 0.25) is 0 Å². The minimum atomic E-state index is -1.65. The summed E-state index contributed by atoms with van der Waals surface area (Å²) in [5.74, 6) is -5.34. The Morgan fingerprint density at radius 3 is 2.50 bits per heavy atom. The second-order valence-electron chi connectivity index (χ2n) is 4.11. The zero-order chi connectivity index (χ0) is 15.3. The first-order valence-corrected chi connectivity index (χ1v) is 5.85. The maximum atomic E-state index is 13.4. The highest BCUT2D eigenvalue weighted by Crippen LogP contribution is 2.19. The van der Waals surface area contributed by atoms with Gasteiger partial charge < -0.3 is 16.0 Å². The summed E-state index contributed by atoms with van der Waals surface area (Å²) in [6, 6.07) is 0.948. The number of rotatable bonds is 5. The smallest absolute Gasteiger partial charge is 0.282 e. The van der Waals surface area contributed by atoms with Crippen molar-refractivity contribution in [2.24, 2.45) is 0 Å². The van der Waals surface area contributed by atoms with Gasteiger partial charge in [-0.05, 0) is 19.1 Å². The van der Waals surface area contributed by atoms with E-state index in [0.717, 1.165) is 6.07 Å². The molecule has 1 aromatic rings. The Kier molecular flexibility index (Phi) is 5.51. The highest BCUT2D eigenvalue weighted by Gasteiger charge is 2.20. The van der Waals surface area contributed by atoms with E-state index >= 15 is 0 Å². The van der Waals surface area contributed by atoms with E-state index in [-0.39, 0.29) is 12.5 Å². The number of hydrogen-bond donors (Lipinski definition) is 3. The van der Waals surface area contributed by atoms with Gasteiger partial charge in [0.2, 0.25) is 0 Å². The van der Waals surface area contributed by atoms with Crippen LogP contribution in [0.5, 0.6) is 0 Å². The molecule has 0 heterocycles. The third-order valence-corrected chi connectivity index (χ3v) is 2.64. The molecule has 110 valence electrons. The molecule has 1 atom stereocenters. The minimum Gasteiger partial charge on any atom is -0.354 e. The van der Waals surface area contributed by atoms with Crippen molar-refractivity contribution in [3.05, 3.63) is 29.6 Å². The molecule has 0 saturated carbocycles. The summed E-state index contributed by atoms with van der Waals surface area (Å²) in [4.78, 5) is 22.7. The number of anilines is 1. The highest BCUT2D eigenvalue weighted by molar-refractivity contribution is 5.93. The molecule has 5 nitrogen and oxygen atoms in total. The Labute approximate surface area is 113 Å². The highest BCUT2D eigenvalue weighted by atomic mass is 19.2. The first-order chi connectivity index (χ1) is 9.36. The first kappa shape index (κ1) is 16.0. The molecule has 1 rings (SSSR count). The second-order valence-corrected chi connectivity index (χ2v) is 4.11. The topological polar surface area (TPSA) is 74.8 Å². The maximum Gasteiger partial charge on any atom is 0.282 e.